The van der Waals surface area contributed by atoms with Gasteiger partial charge in [0.1, 0.15) is 6.61 Å². The average Bonchev–Trinajstić information content (AvgIpc) is 3.51. The van der Waals surface area contributed by atoms with Crippen molar-refractivity contribution in [2.75, 3.05) is 7.11 Å². The van der Waals surface area contributed by atoms with Crippen LogP contribution in [-0.2, 0) is 20.9 Å². The summed E-state index contributed by atoms with van der Waals surface area (Å²) in [6.45, 7) is 17.4. The fourth-order valence-corrected chi connectivity index (χ4v) is 13.6. The summed E-state index contributed by atoms with van der Waals surface area (Å²) in [4.78, 5) is 26.5. The third kappa shape index (κ3) is 4.95. The highest BCUT2D eigenvalue weighted by molar-refractivity contribution is 5.90. The fraction of sp³-hybridized carbons (Fsp3) is 0.644. The highest BCUT2D eigenvalue weighted by Crippen LogP contribution is 2.78. The van der Waals surface area contributed by atoms with Crippen LogP contribution < -0.4 is 0 Å². The Hall–Kier alpha value is -2.92. The number of rotatable bonds is 6. The minimum Gasteiger partial charge on any atom is -0.465 e. The van der Waals surface area contributed by atoms with Crippen molar-refractivity contribution in [1.82, 2.24) is 0 Å². The van der Waals surface area contributed by atoms with E-state index in [1.807, 2.05) is 54.6 Å². The number of carbonyl (C=O) groups is 2. The maximum Gasteiger partial charge on any atom is 0.337 e. The lowest BCUT2D eigenvalue weighted by Gasteiger charge is -2.72. The molecule has 50 heavy (non-hydrogen) atoms. The van der Waals surface area contributed by atoms with Crippen LogP contribution in [0.1, 0.15) is 121 Å². The molecular weight excluding hydrogens is 620 g/mol. The number of methoxy groups -OCH3 is 1. The van der Waals surface area contributed by atoms with Gasteiger partial charge in [0.05, 0.1) is 24.2 Å². The normalized spacial score (nSPS) is 40.1. The van der Waals surface area contributed by atoms with Gasteiger partial charge in [0, 0.05) is 5.41 Å². The second-order valence-corrected chi connectivity index (χ2v) is 18.5. The number of aliphatic hydroxyl groups excluding tert-OH is 1. The van der Waals surface area contributed by atoms with Crippen molar-refractivity contribution in [1.29, 1.82) is 0 Å². The first-order chi connectivity index (χ1) is 23.6. The fourth-order valence-electron chi connectivity index (χ4n) is 13.6. The summed E-state index contributed by atoms with van der Waals surface area (Å²) in [7, 11) is 1.41. The second kappa shape index (κ2) is 12.3. The van der Waals surface area contributed by atoms with Crippen molar-refractivity contribution >= 4 is 17.5 Å². The Morgan fingerprint density at radius 2 is 1.52 bits per heavy atom. The quantitative estimate of drug-likeness (QED) is 0.308. The molecule has 0 saturated heterocycles. The standard InChI is InChI=1S/C45H60O5/c1-28(2)32-20-23-45(40(48)50-27-29-12-10-9-11-13-29)25-24-42(5)33(38(32)45)18-19-36-43(42,6)22-21-35-41(3,4)34(26-37(46)44(35,36)7)30-14-16-31(17-15-30)39(47)49-8/h9-17,26,28,32-33,35-38,46H,18-25,27H2,1-8H3/t32-,33+,35-,36-,37?,38+,42+,43+,44-,45-/m0/s1. The molecule has 270 valence electrons. The van der Waals surface area contributed by atoms with Crippen molar-refractivity contribution < 1.29 is 24.2 Å². The average molecular weight is 681 g/mol. The molecule has 2 aromatic rings. The number of ether oxygens (including phenoxy) is 2. The summed E-state index contributed by atoms with van der Waals surface area (Å²) >= 11 is 0. The molecule has 2 aromatic carbocycles. The topological polar surface area (TPSA) is 72.8 Å². The highest BCUT2D eigenvalue weighted by Gasteiger charge is 2.73. The third-order valence-electron chi connectivity index (χ3n) is 16.3. The second-order valence-electron chi connectivity index (χ2n) is 18.5. The maximum atomic E-state index is 14.4. The summed E-state index contributed by atoms with van der Waals surface area (Å²) < 4.78 is 11.2. The number of carbonyl (C=O) groups excluding carboxylic acids is 2. The summed E-state index contributed by atoms with van der Waals surface area (Å²) in [5, 5.41) is 12.4. The molecule has 1 N–H and O–H groups in total. The van der Waals surface area contributed by atoms with Gasteiger partial charge in [0.2, 0.25) is 0 Å². The molecule has 0 aromatic heterocycles. The van der Waals surface area contributed by atoms with Gasteiger partial charge in [0.25, 0.3) is 0 Å². The third-order valence-corrected chi connectivity index (χ3v) is 16.3. The molecule has 7 rings (SSSR count). The zero-order valence-electron chi connectivity index (χ0n) is 31.8. The molecule has 0 bridgehead atoms. The van der Waals surface area contributed by atoms with Crippen molar-refractivity contribution in [3.05, 3.63) is 77.4 Å². The summed E-state index contributed by atoms with van der Waals surface area (Å²) in [6, 6.07) is 17.8. The van der Waals surface area contributed by atoms with E-state index in [2.05, 4.69) is 54.5 Å². The van der Waals surface area contributed by atoms with E-state index in [0.29, 0.717) is 47.7 Å². The molecule has 0 heterocycles. The SMILES string of the molecule is COC(=O)c1ccc(C2=CC(O)[C@]3(C)[C@H]4CC[C@@H]5[C@H]6[C@H](C(C)C)CC[C@]6(C(=O)OCc6ccccc6)CC[C@@]5(C)[C@]4(C)CC[C@H]3C2(C)C)cc1. The molecular formula is C45H60O5. The molecule has 4 saturated carbocycles. The predicted octanol–water partition coefficient (Wildman–Crippen LogP) is 9.92. The van der Waals surface area contributed by atoms with Gasteiger partial charge in [-0.1, -0.05) is 97.0 Å². The lowest BCUT2D eigenvalue weighted by atomic mass is 9.32. The van der Waals surface area contributed by atoms with Gasteiger partial charge < -0.3 is 14.6 Å². The van der Waals surface area contributed by atoms with Gasteiger partial charge in [-0.3, -0.25) is 4.79 Å². The molecule has 4 fully saturated rings. The van der Waals surface area contributed by atoms with Gasteiger partial charge in [0.15, 0.2) is 0 Å². The molecule has 0 spiro atoms. The van der Waals surface area contributed by atoms with Gasteiger partial charge in [-0.2, -0.15) is 0 Å². The van der Waals surface area contributed by atoms with Gasteiger partial charge in [-0.25, -0.2) is 4.79 Å². The van der Waals surface area contributed by atoms with Crippen molar-refractivity contribution in [2.24, 2.45) is 62.6 Å². The van der Waals surface area contributed by atoms with Gasteiger partial charge in [-0.15, -0.1) is 0 Å². The molecule has 1 unspecified atom stereocenters. The summed E-state index contributed by atoms with van der Waals surface area (Å²) in [5.41, 5.74) is 3.14. The van der Waals surface area contributed by atoms with Crippen LogP contribution in [0.5, 0.6) is 0 Å². The Labute approximate surface area is 300 Å². The Kier molecular flexibility index (Phi) is 8.76. The van der Waals surface area contributed by atoms with E-state index in [1.165, 1.54) is 12.7 Å². The summed E-state index contributed by atoms with van der Waals surface area (Å²) in [6.07, 6.45) is 10.00. The van der Waals surface area contributed by atoms with Crippen molar-refractivity contribution in [3.63, 3.8) is 0 Å². The lowest BCUT2D eigenvalue weighted by Crippen LogP contribution is -2.68. The largest absolute Gasteiger partial charge is 0.465 e. The minimum atomic E-state index is -0.564. The Morgan fingerprint density at radius 3 is 2.18 bits per heavy atom. The smallest absolute Gasteiger partial charge is 0.337 e. The van der Waals surface area contributed by atoms with Crippen LogP contribution in [-0.4, -0.2) is 30.3 Å². The van der Waals surface area contributed by atoms with E-state index in [0.717, 1.165) is 62.5 Å². The molecule has 10 atom stereocenters. The van der Waals surface area contributed by atoms with Crippen molar-refractivity contribution in [3.8, 4) is 0 Å². The summed E-state index contributed by atoms with van der Waals surface area (Å²) in [5.74, 6) is 2.24. The first-order valence-electron chi connectivity index (χ1n) is 19.5. The van der Waals surface area contributed by atoms with E-state index >= 15 is 0 Å². The molecule has 5 aliphatic carbocycles. The molecule has 0 aliphatic heterocycles. The van der Waals surface area contributed by atoms with Gasteiger partial charge >= 0.3 is 11.9 Å². The number of aliphatic hydroxyl groups is 1. The maximum absolute atomic E-state index is 14.4. The number of hydrogen-bond donors (Lipinski definition) is 1. The highest BCUT2D eigenvalue weighted by atomic mass is 16.5. The van der Waals surface area contributed by atoms with E-state index in [4.69, 9.17) is 9.47 Å². The lowest BCUT2D eigenvalue weighted by molar-refractivity contribution is -0.245. The van der Waals surface area contributed by atoms with Crippen LogP contribution in [0, 0.1) is 62.6 Å². The first-order valence-corrected chi connectivity index (χ1v) is 19.5. The van der Waals surface area contributed by atoms with Crippen LogP contribution in [0.4, 0.5) is 0 Å². The number of benzene rings is 2. The Balaban J connectivity index is 1.21. The first kappa shape index (κ1) is 35.5. The molecule has 5 heteroatoms. The van der Waals surface area contributed by atoms with Crippen molar-refractivity contribution in [2.45, 2.75) is 113 Å². The Morgan fingerprint density at radius 1 is 0.820 bits per heavy atom. The van der Waals surface area contributed by atoms with Crippen LogP contribution in [0.2, 0.25) is 0 Å². The molecule has 0 amide bonds. The molecule has 5 nitrogen and oxygen atoms in total. The van der Waals surface area contributed by atoms with E-state index < -0.39 is 11.5 Å². The monoisotopic (exact) mass is 680 g/mol. The molecule has 5 aliphatic rings. The van der Waals surface area contributed by atoms with Crippen LogP contribution in [0.3, 0.4) is 0 Å². The zero-order valence-corrected chi connectivity index (χ0v) is 31.8. The van der Waals surface area contributed by atoms with Gasteiger partial charge in [-0.05, 0) is 132 Å². The Bertz CT molecular complexity index is 1640. The van der Waals surface area contributed by atoms with E-state index in [-0.39, 0.29) is 33.6 Å². The van der Waals surface area contributed by atoms with E-state index in [1.54, 1.807) is 0 Å². The number of fused-ring (bicyclic) bond motifs is 7. The predicted molar refractivity (Wildman–Crippen MR) is 198 cm³/mol. The number of hydrogen-bond acceptors (Lipinski definition) is 5. The van der Waals surface area contributed by atoms with E-state index in [9.17, 15) is 14.7 Å². The number of esters is 2. The zero-order chi connectivity index (χ0) is 35.9. The molecule has 0 radical (unpaired) electrons. The van der Waals surface area contributed by atoms with Crippen LogP contribution in [0.25, 0.3) is 5.57 Å². The van der Waals surface area contributed by atoms with Crippen LogP contribution in [0.15, 0.2) is 60.7 Å². The number of allylic oxidation sites excluding steroid dienone is 1. The van der Waals surface area contributed by atoms with Crippen LogP contribution >= 0.6 is 0 Å². The minimum absolute atomic E-state index is 0.0428.